The number of rotatable bonds is 34. The Morgan fingerprint density at radius 1 is 0.377 bits per heavy atom. The zero-order valence-corrected chi connectivity index (χ0v) is 45.6. The maximum absolute atomic E-state index is 9.10. The van der Waals surface area contributed by atoms with Gasteiger partial charge in [-0.05, 0) is 129 Å². The largest absolute Gasteiger partial charge is 0.643 e. The Kier molecular flexibility index (Phi) is 25.8. The molecule has 53 heavy (non-hydrogen) atoms. The second-order valence-corrected chi connectivity index (χ2v) is 48.5. The first-order chi connectivity index (χ1) is 24.2. The van der Waals surface area contributed by atoms with Gasteiger partial charge in [0.25, 0.3) is 0 Å². The maximum Gasteiger partial charge on any atom is 0.643 e. The third-order valence-corrected chi connectivity index (χ3v) is 40.5. The summed E-state index contributed by atoms with van der Waals surface area (Å²) >= 11 is 0. The van der Waals surface area contributed by atoms with E-state index in [0.29, 0.717) is 39.6 Å². The fraction of sp³-hybridized carbons (Fsp3) is 1.00. The molecule has 0 amide bonds. The highest BCUT2D eigenvalue weighted by atomic mass is 28.6. The summed E-state index contributed by atoms with van der Waals surface area (Å²) in [5, 5.41) is 27.3. The van der Waals surface area contributed by atoms with Crippen LogP contribution in [0, 0.1) is 0 Å². The average Bonchev–Trinajstić information content (AvgIpc) is 2.93. The highest BCUT2D eigenvalue weighted by molar-refractivity contribution is 6.93. The molecule has 14 nitrogen and oxygen atoms in total. The van der Waals surface area contributed by atoms with Gasteiger partial charge in [0.05, 0.1) is 39.6 Å². The summed E-state index contributed by atoms with van der Waals surface area (Å²) in [6.07, 6.45) is 2.46. The van der Waals surface area contributed by atoms with E-state index >= 15 is 0 Å². The normalized spacial score (nSPS) is 14.6. The first kappa shape index (κ1) is 54.4. The zero-order chi connectivity index (χ0) is 41.1. The van der Waals surface area contributed by atoms with Crippen molar-refractivity contribution in [1.82, 2.24) is 0 Å². The van der Waals surface area contributed by atoms with Crippen LogP contribution in [0.4, 0.5) is 0 Å². The summed E-state index contributed by atoms with van der Waals surface area (Å²) in [6.45, 7) is 34.1. The van der Waals surface area contributed by atoms with Gasteiger partial charge in [0.2, 0.25) is 0 Å². The van der Waals surface area contributed by atoms with E-state index in [1.807, 2.05) is 52.4 Å². The lowest BCUT2D eigenvalue weighted by Gasteiger charge is -2.47. The molecule has 0 unspecified atom stereocenters. The quantitative estimate of drug-likeness (QED) is 0.0563. The van der Waals surface area contributed by atoms with Crippen LogP contribution >= 0.6 is 0 Å². The minimum absolute atomic E-state index is 0.00585. The highest BCUT2D eigenvalue weighted by Crippen LogP contribution is 2.35. The molecule has 0 rings (SSSR count). The van der Waals surface area contributed by atoms with E-state index in [4.69, 9.17) is 62.5 Å². The molecule has 0 aromatic carbocycles. The summed E-state index contributed by atoms with van der Waals surface area (Å²) in [7, 11) is -23.7. The van der Waals surface area contributed by atoms with Crippen molar-refractivity contribution in [2.45, 2.75) is 136 Å². The Bertz CT molecular complexity index is 876. The van der Waals surface area contributed by atoms with Gasteiger partial charge in [-0.2, -0.15) is 0 Å². The molecule has 0 heterocycles. The lowest BCUT2D eigenvalue weighted by molar-refractivity contribution is 0.0913. The standard InChI is InChI=1S/C30H80O14Si9/c1-45-37-49(8,9)41-53(42-50(10,11)38-46(2,3)28-16-22-34-25-19-31,43-51(12,13)39-47(4,5)29-17-23-35-26-20-32)44-52(14,15)40-48(6,7)30-18-24-36-27-21-33/h31-33H,16-30,45H2,1-15H3. The van der Waals surface area contributed by atoms with Gasteiger partial charge in [-0.3, -0.25) is 0 Å². The van der Waals surface area contributed by atoms with E-state index in [9.17, 15) is 0 Å². The SMILES string of the molecule is C[SiH2]O[Si](C)(C)O[Si](O[Si](C)(C)O[Si](C)(C)CCCOCCO)(O[Si](C)(C)O[Si](C)(C)CCCOCCO)O[Si](C)(C)O[Si](C)(C)CCCOCCO. The molecule has 0 atom stereocenters. The molecule has 0 aromatic heterocycles. The van der Waals surface area contributed by atoms with E-state index < -0.39 is 78.0 Å². The Morgan fingerprint density at radius 2 is 0.642 bits per heavy atom. The molecule has 0 bridgehead atoms. The van der Waals surface area contributed by atoms with Gasteiger partial charge in [-0.15, -0.1) is 0 Å². The number of aliphatic hydroxyl groups excluding tert-OH is 3. The summed E-state index contributed by atoms with van der Waals surface area (Å²) in [5.41, 5.74) is 0. The van der Waals surface area contributed by atoms with E-state index in [0.717, 1.165) is 37.4 Å². The predicted molar refractivity (Wildman–Crippen MR) is 233 cm³/mol. The van der Waals surface area contributed by atoms with E-state index in [1.54, 1.807) is 0 Å². The van der Waals surface area contributed by atoms with Gasteiger partial charge < -0.3 is 62.5 Å². The lowest BCUT2D eigenvalue weighted by atomic mass is 10.5. The average molecular weight is 918 g/mol. The first-order valence-corrected chi connectivity index (χ1v) is 43.5. The van der Waals surface area contributed by atoms with Gasteiger partial charge in [0.1, 0.15) is 9.76 Å². The zero-order valence-electron chi connectivity index (χ0n) is 36.1. The predicted octanol–water partition coefficient (Wildman–Crippen LogP) is 5.31. The fourth-order valence-electron chi connectivity index (χ4n) is 6.22. The first-order valence-electron chi connectivity index (χ1n) is 19.3. The van der Waals surface area contributed by atoms with Crippen LogP contribution < -0.4 is 0 Å². The summed E-state index contributed by atoms with van der Waals surface area (Å²) < 4.78 is 72.7. The molecule has 23 heteroatoms. The molecule has 0 aliphatic heterocycles. The van der Waals surface area contributed by atoms with Crippen LogP contribution in [0.2, 0.25) is 116 Å². The molecular formula is C30H80O14Si9. The van der Waals surface area contributed by atoms with Gasteiger partial charge >= 0.3 is 43.3 Å². The van der Waals surface area contributed by atoms with Crippen molar-refractivity contribution in [3.8, 4) is 0 Å². The topological polar surface area (TPSA) is 162 Å². The summed E-state index contributed by atoms with van der Waals surface area (Å²) in [6, 6.07) is 2.57. The van der Waals surface area contributed by atoms with E-state index in [-0.39, 0.29) is 19.8 Å². The number of hydrogen-bond donors (Lipinski definition) is 3. The van der Waals surface area contributed by atoms with Crippen molar-refractivity contribution < 1.29 is 62.5 Å². The molecule has 0 aliphatic carbocycles. The van der Waals surface area contributed by atoms with Gasteiger partial charge in [0.15, 0.2) is 25.0 Å². The summed E-state index contributed by atoms with van der Waals surface area (Å²) in [4.78, 5) is 0. The van der Waals surface area contributed by atoms with Crippen LogP contribution in [0.25, 0.3) is 0 Å². The Morgan fingerprint density at radius 3 is 0.887 bits per heavy atom. The molecule has 0 spiro atoms. The van der Waals surface area contributed by atoms with Gasteiger partial charge in [-0.25, -0.2) is 0 Å². The van der Waals surface area contributed by atoms with Crippen LogP contribution in [0.1, 0.15) is 19.3 Å². The van der Waals surface area contributed by atoms with Crippen LogP contribution in [0.15, 0.2) is 0 Å². The number of hydrogen-bond acceptors (Lipinski definition) is 14. The minimum Gasteiger partial charge on any atom is -0.442 e. The molecule has 0 saturated heterocycles. The summed E-state index contributed by atoms with van der Waals surface area (Å²) in [5.74, 6) is 0. The minimum atomic E-state index is -4.14. The molecule has 0 radical (unpaired) electrons. The number of aliphatic hydroxyl groups is 3. The van der Waals surface area contributed by atoms with Crippen molar-refractivity contribution in [2.75, 3.05) is 59.5 Å². The van der Waals surface area contributed by atoms with Crippen molar-refractivity contribution in [3.05, 3.63) is 0 Å². The Labute approximate surface area is 334 Å². The van der Waals surface area contributed by atoms with Crippen LogP contribution in [0.5, 0.6) is 0 Å². The van der Waals surface area contributed by atoms with Crippen molar-refractivity contribution in [2.24, 2.45) is 0 Å². The van der Waals surface area contributed by atoms with Gasteiger partial charge in [-0.1, -0.05) is 6.55 Å². The van der Waals surface area contributed by atoms with Crippen LogP contribution in [0.3, 0.4) is 0 Å². The second-order valence-electron chi connectivity index (χ2n) is 16.8. The smallest absolute Gasteiger partial charge is 0.442 e. The van der Waals surface area contributed by atoms with E-state index in [2.05, 4.69) is 45.8 Å². The molecule has 0 fully saturated rings. The van der Waals surface area contributed by atoms with E-state index in [1.165, 1.54) is 0 Å². The molecule has 0 aromatic rings. The third-order valence-electron chi connectivity index (χ3n) is 7.45. The van der Waals surface area contributed by atoms with Crippen molar-refractivity contribution >= 4 is 78.0 Å². The van der Waals surface area contributed by atoms with Crippen molar-refractivity contribution in [3.63, 3.8) is 0 Å². The maximum atomic E-state index is 9.10. The molecular weight excluding hydrogens is 837 g/mol. The second kappa shape index (κ2) is 25.1. The van der Waals surface area contributed by atoms with Gasteiger partial charge in [0, 0.05) is 19.8 Å². The highest BCUT2D eigenvalue weighted by Gasteiger charge is 2.62. The van der Waals surface area contributed by atoms with Crippen molar-refractivity contribution in [1.29, 1.82) is 0 Å². The lowest BCUT2D eigenvalue weighted by Crippen LogP contribution is -2.70. The number of ether oxygens (including phenoxy) is 3. The molecule has 0 saturated carbocycles. The molecule has 3 N–H and O–H groups in total. The Balaban J connectivity index is 6.80. The van der Waals surface area contributed by atoms with Crippen LogP contribution in [-0.4, -0.2) is 153 Å². The molecule has 320 valence electrons. The molecule has 0 aliphatic rings. The third kappa shape index (κ3) is 27.7. The fourth-order valence-corrected chi connectivity index (χ4v) is 44.5. The Hall–Kier alpha value is 1.39. The monoisotopic (exact) mass is 916 g/mol. The van der Waals surface area contributed by atoms with Crippen LogP contribution in [-0.2, 0) is 47.1 Å².